The van der Waals surface area contributed by atoms with Gasteiger partial charge in [-0.15, -0.1) is 0 Å². The third-order valence-electron chi connectivity index (χ3n) is 3.83. The Morgan fingerprint density at radius 2 is 1.95 bits per heavy atom. The van der Waals surface area contributed by atoms with E-state index in [-0.39, 0.29) is 10.6 Å². The van der Waals surface area contributed by atoms with E-state index in [2.05, 4.69) is 5.32 Å². The Bertz CT molecular complexity index is 550. The highest BCUT2D eigenvalue weighted by atomic mass is 35.5. The van der Waals surface area contributed by atoms with E-state index in [9.17, 15) is 19.1 Å². The van der Waals surface area contributed by atoms with E-state index in [0.29, 0.717) is 12.8 Å². The normalized spacial score (nSPS) is 22.4. The predicted octanol–water partition coefficient (Wildman–Crippen LogP) is 3.24. The highest BCUT2D eigenvalue weighted by Crippen LogP contribution is 2.24. The van der Waals surface area contributed by atoms with Crippen molar-refractivity contribution in [2.24, 2.45) is 5.92 Å². The van der Waals surface area contributed by atoms with Crippen LogP contribution in [0.3, 0.4) is 0 Å². The van der Waals surface area contributed by atoms with Crippen molar-refractivity contribution in [2.45, 2.75) is 38.1 Å². The summed E-state index contributed by atoms with van der Waals surface area (Å²) in [5.74, 6) is -2.48. The first-order valence-electron chi connectivity index (χ1n) is 6.98. The maximum absolute atomic E-state index is 13.1. The lowest BCUT2D eigenvalue weighted by Gasteiger charge is -2.23. The van der Waals surface area contributed by atoms with E-state index in [1.807, 2.05) is 0 Å². The molecule has 1 fully saturated rings. The summed E-state index contributed by atoms with van der Waals surface area (Å²) in [5, 5.41) is 11.9. The quantitative estimate of drug-likeness (QED) is 0.842. The molecular weight excluding hydrogens is 297 g/mol. The third kappa shape index (κ3) is 3.94. The van der Waals surface area contributed by atoms with Gasteiger partial charge in [-0.1, -0.05) is 30.9 Å². The van der Waals surface area contributed by atoms with Crippen molar-refractivity contribution in [3.63, 3.8) is 0 Å². The molecule has 0 heterocycles. The van der Waals surface area contributed by atoms with Crippen molar-refractivity contribution in [1.29, 1.82) is 0 Å². The third-order valence-corrected chi connectivity index (χ3v) is 4.12. The number of benzene rings is 1. The zero-order valence-electron chi connectivity index (χ0n) is 11.4. The maximum atomic E-state index is 13.1. The number of halogens is 2. The van der Waals surface area contributed by atoms with Crippen LogP contribution in [0.2, 0.25) is 5.02 Å². The van der Waals surface area contributed by atoms with Crippen LogP contribution in [-0.2, 0) is 4.79 Å². The summed E-state index contributed by atoms with van der Waals surface area (Å²) < 4.78 is 13.1. The van der Waals surface area contributed by atoms with Gasteiger partial charge < -0.3 is 10.4 Å². The van der Waals surface area contributed by atoms with Crippen molar-refractivity contribution in [3.05, 3.63) is 34.6 Å². The molecule has 0 aliphatic heterocycles. The Balaban J connectivity index is 2.12. The van der Waals surface area contributed by atoms with Crippen molar-refractivity contribution < 1.29 is 19.1 Å². The van der Waals surface area contributed by atoms with Crippen LogP contribution in [0.1, 0.15) is 42.5 Å². The van der Waals surface area contributed by atoms with E-state index in [0.717, 1.165) is 25.3 Å². The Labute approximate surface area is 127 Å². The number of carboxylic acid groups (broad SMARTS) is 1. The zero-order chi connectivity index (χ0) is 15.4. The van der Waals surface area contributed by atoms with E-state index < -0.39 is 29.7 Å². The summed E-state index contributed by atoms with van der Waals surface area (Å²) >= 11 is 5.66. The van der Waals surface area contributed by atoms with Gasteiger partial charge >= 0.3 is 5.97 Å². The lowest BCUT2D eigenvalue weighted by atomic mass is 9.94. The molecule has 4 nitrogen and oxygen atoms in total. The van der Waals surface area contributed by atoms with Crippen LogP contribution in [0.15, 0.2) is 18.2 Å². The molecule has 2 rings (SSSR count). The molecule has 1 aliphatic rings. The summed E-state index contributed by atoms with van der Waals surface area (Å²) in [4.78, 5) is 23.5. The van der Waals surface area contributed by atoms with Crippen molar-refractivity contribution in [3.8, 4) is 0 Å². The van der Waals surface area contributed by atoms with Crippen LogP contribution in [0.25, 0.3) is 0 Å². The highest BCUT2D eigenvalue weighted by molar-refractivity contribution is 6.31. The molecule has 0 bridgehead atoms. The first-order valence-corrected chi connectivity index (χ1v) is 7.35. The molecule has 1 aromatic rings. The van der Waals surface area contributed by atoms with Gasteiger partial charge in [0, 0.05) is 11.6 Å². The summed E-state index contributed by atoms with van der Waals surface area (Å²) in [7, 11) is 0. The number of carbonyl (C=O) groups is 2. The second-order valence-electron chi connectivity index (χ2n) is 5.29. The van der Waals surface area contributed by atoms with Gasteiger partial charge in [-0.05, 0) is 31.0 Å². The minimum atomic E-state index is -0.890. The van der Waals surface area contributed by atoms with Crippen LogP contribution in [-0.4, -0.2) is 23.0 Å². The fourth-order valence-corrected chi connectivity index (χ4v) is 2.85. The Kier molecular flexibility index (Phi) is 5.17. The summed E-state index contributed by atoms with van der Waals surface area (Å²) in [6, 6.07) is 3.31. The number of carbonyl (C=O) groups excluding carboxylic acids is 1. The number of amides is 1. The van der Waals surface area contributed by atoms with E-state index in [1.165, 1.54) is 12.1 Å². The monoisotopic (exact) mass is 313 g/mol. The Hall–Kier alpha value is -1.62. The van der Waals surface area contributed by atoms with Crippen LogP contribution in [0, 0.1) is 11.7 Å². The lowest BCUT2D eigenvalue weighted by molar-refractivity contribution is -0.142. The lowest BCUT2D eigenvalue weighted by Crippen LogP contribution is -2.42. The average Bonchev–Trinajstić information content (AvgIpc) is 2.67. The minimum Gasteiger partial charge on any atom is -0.481 e. The summed E-state index contributed by atoms with van der Waals surface area (Å²) in [6.07, 6.45) is 3.91. The average molecular weight is 314 g/mol. The van der Waals surface area contributed by atoms with Gasteiger partial charge in [0.05, 0.1) is 10.9 Å². The van der Waals surface area contributed by atoms with Crippen LogP contribution in [0.5, 0.6) is 0 Å². The van der Waals surface area contributed by atoms with Gasteiger partial charge in [0.2, 0.25) is 0 Å². The van der Waals surface area contributed by atoms with E-state index in [1.54, 1.807) is 0 Å². The van der Waals surface area contributed by atoms with Crippen LogP contribution >= 0.6 is 11.6 Å². The van der Waals surface area contributed by atoms with Crippen LogP contribution < -0.4 is 5.32 Å². The SMILES string of the molecule is O=C(N[C@H]1CCCCC[C@H]1C(=O)O)c1ccc(F)c(Cl)c1. The topological polar surface area (TPSA) is 66.4 Å². The number of hydrogen-bond donors (Lipinski definition) is 2. The number of carboxylic acids is 1. The maximum Gasteiger partial charge on any atom is 0.308 e. The second kappa shape index (κ2) is 6.89. The fourth-order valence-electron chi connectivity index (χ4n) is 2.67. The molecule has 2 N–H and O–H groups in total. The van der Waals surface area contributed by atoms with Gasteiger partial charge in [-0.3, -0.25) is 9.59 Å². The molecule has 21 heavy (non-hydrogen) atoms. The van der Waals surface area contributed by atoms with Gasteiger partial charge in [-0.2, -0.15) is 0 Å². The molecule has 2 atom stereocenters. The molecular formula is C15H17ClFNO3. The predicted molar refractivity (Wildman–Crippen MR) is 76.9 cm³/mol. The molecule has 0 saturated heterocycles. The summed E-state index contributed by atoms with van der Waals surface area (Å²) in [5.41, 5.74) is 0.231. The Morgan fingerprint density at radius 3 is 2.62 bits per heavy atom. The zero-order valence-corrected chi connectivity index (χ0v) is 12.2. The highest BCUT2D eigenvalue weighted by Gasteiger charge is 2.30. The molecule has 0 aromatic heterocycles. The molecule has 1 aliphatic carbocycles. The molecule has 1 aromatic carbocycles. The molecule has 1 amide bonds. The van der Waals surface area contributed by atoms with E-state index in [4.69, 9.17) is 11.6 Å². The van der Waals surface area contributed by atoms with Crippen molar-refractivity contribution in [1.82, 2.24) is 5.32 Å². The molecule has 0 spiro atoms. The fraction of sp³-hybridized carbons (Fsp3) is 0.467. The van der Waals surface area contributed by atoms with E-state index >= 15 is 0 Å². The number of aliphatic carboxylic acids is 1. The smallest absolute Gasteiger partial charge is 0.308 e. The first kappa shape index (κ1) is 15.8. The Morgan fingerprint density at radius 1 is 1.24 bits per heavy atom. The molecule has 0 radical (unpaired) electrons. The molecule has 114 valence electrons. The second-order valence-corrected chi connectivity index (χ2v) is 5.70. The van der Waals surface area contributed by atoms with Crippen LogP contribution in [0.4, 0.5) is 4.39 Å². The number of nitrogens with one attached hydrogen (secondary N) is 1. The van der Waals surface area contributed by atoms with Gasteiger partial charge in [0.15, 0.2) is 0 Å². The molecule has 1 saturated carbocycles. The number of hydrogen-bond acceptors (Lipinski definition) is 2. The summed E-state index contributed by atoms with van der Waals surface area (Å²) in [6.45, 7) is 0. The van der Waals surface area contributed by atoms with Crippen molar-refractivity contribution >= 4 is 23.5 Å². The van der Waals surface area contributed by atoms with Gasteiger partial charge in [-0.25, -0.2) is 4.39 Å². The number of rotatable bonds is 3. The molecule has 6 heteroatoms. The largest absolute Gasteiger partial charge is 0.481 e. The minimum absolute atomic E-state index is 0.127. The van der Waals surface area contributed by atoms with Gasteiger partial charge in [0.25, 0.3) is 5.91 Å². The first-order chi connectivity index (χ1) is 9.99. The molecule has 0 unspecified atom stereocenters. The van der Waals surface area contributed by atoms with Crippen molar-refractivity contribution in [2.75, 3.05) is 0 Å². The standard InChI is InChI=1S/C15H17ClFNO3/c16-11-8-9(6-7-12(11)17)14(19)18-13-5-3-1-2-4-10(13)15(20)21/h6-8,10,13H,1-5H2,(H,18,19)(H,20,21)/t10-,13+/m1/s1. The van der Waals surface area contributed by atoms with Gasteiger partial charge in [0.1, 0.15) is 5.82 Å².